The summed E-state index contributed by atoms with van der Waals surface area (Å²) in [6.07, 6.45) is 2.51. The van der Waals surface area contributed by atoms with E-state index < -0.39 is 0 Å². The van der Waals surface area contributed by atoms with E-state index in [-0.39, 0.29) is 12.0 Å². The molecule has 2 aliphatic heterocycles. The summed E-state index contributed by atoms with van der Waals surface area (Å²) in [6.45, 7) is 4.05. The van der Waals surface area contributed by atoms with Crippen molar-refractivity contribution in [3.63, 3.8) is 0 Å². The molecule has 3 aromatic rings. The number of aromatic nitrogens is 1. The van der Waals surface area contributed by atoms with Crippen LogP contribution in [0.15, 0.2) is 47.4 Å². The van der Waals surface area contributed by atoms with Crippen LogP contribution >= 0.6 is 23.1 Å². The first-order chi connectivity index (χ1) is 15.3. The molecule has 5 rings (SSSR count). The van der Waals surface area contributed by atoms with Crippen LogP contribution in [0.25, 0.3) is 10.2 Å². The SMILES string of the molecule is O=C(Nc1ccc2nc(N3CCOCC3)sc2c1)c1ccccc1SC[C@@H]1CCCO1. The number of benzene rings is 2. The normalized spacial score (nSPS) is 19.1. The Bertz CT molecular complexity index is 1060. The Morgan fingerprint density at radius 1 is 1.19 bits per heavy atom. The Morgan fingerprint density at radius 2 is 2.06 bits per heavy atom. The Morgan fingerprint density at radius 3 is 2.90 bits per heavy atom. The van der Waals surface area contributed by atoms with E-state index in [1.807, 2.05) is 42.5 Å². The average Bonchev–Trinajstić information content (AvgIpc) is 3.48. The van der Waals surface area contributed by atoms with E-state index in [0.717, 1.165) is 77.4 Å². The number of carbonyl (C=O) groups excluding carboxylic acids is 1. The lowest BCUT2D eigenvalue weighted by Gasteiger charge is -2.25. The van der Waals surface area contributed by atoms with Crippen molar-refractivity contribution in [2.45, 2.75) is 23.8 Å². The van der Waals surface area contributed by atoms with E-state index in [4.69, 9.17) is 14.5 Å². The third kappa shape index (κ3) is 4.87. The van der Waals surface area contributed by atoms with Crippen LogP contribution in [-0.4, -0.2) is 55.7 Å². The minimum absolute atomic E-state index is 0.0901. The minimum Gasteiger partial charge on any atom is -0.378 e. The topological polar surface area (TPSA) is 63.7 Å². The maximum atomic E-state index is 13.0. The van der Waals surface area contributed by atoms with Crippen LogP contribution < -0.4 is 10.2 Å². The highest BCUT2D eigenvalue weighted by molar-refractivity contribution is 7.99. The fourth-order valence-electron chi connectivity index (χ4n) is 3.82. The first-order valence-electron chi connectivity index (χ1n) is 10.6. The molecule has 2 fully saturated rings. The van der Waals surface area contributed by atoms with Crippen LogP contribution in [0.2, 0.25) is 0 Å². The fourth-order valence-corrected chi connectivity index (χ4v) is 5.99. The largest absolute Gasteiger partial charge is 0.378 e. The number of thiazole rings is 1. The Hall–Kier alpha value is -2.13. The molecule has 0 spiro atoms. The molecule has 2 saturated heterocycles. The van der Waals surface area contributed by atoms with Crippen LogP contribution in [0.3, 0.4) is 0 Å². The fraction of sp³-hybridized carbons (Fsp3) is 0.391. The third-order valence-corrected chi connectivity index (χ3v) is 7.78. The smallest absolute Gasteiger partial charge is 0.256 e. The summed E-state index contributed by atoms with van der Waals surface area (Å²) in [5, 5.41) is 4.08. The first-order valence-corrected chi connectivity index (χ1v) is 12.4. The lowest BCUT2D eigenvalue weighted by atomic mass is 10.2. The van der Waals surface area contributed by atoms with Crippen molar-refractivity contribution >= 4 is 50.0 Å². The van der Waals surface area contributed by atoms with E-state index in [1.165, 1.54) is 0 Å². The van der Waals surface area contributed by atoms with Gasteiger partial charge in [-0.2, -0.15) is 0 Å². The van der Waals surface area contributed by atoms with Crippen molar-refractivity contribution < 1.29 is 14.3 Å². The molecule has 1 atom stereocenters. The van der Waals surface area contributed by atoms with Crippen molar-refractivity contribution in [1.82, 2.24) is 4.98 Å². The Labute approximate surface area is 189 Å². The summed E-state index contributed by atoms with van der Waals surface area (Å²) < 4.78 is 12.2. The molecule has 8 heteroatoms. The zero-order valence-electron chi connectivity index (χ0n) is 17.2. The first kappa shape index (κ1) is 20.8. The van der Waals surface area contributed by atoms with Crippen LogP contribution in [0.4, 0.5) is 10.8 Å². The van der Waals surface area contributed by atoms with Gasteiger partial charge in [-0.1, -0.05) is 23.5 Å². The monoisotopic (exact) mass is 455 g/mol. The van der Waals surface area contributed by atoms with Crippen molar-refractivity contribution in [2.75, 3.05) is 48.9 Å². The highest BCUT2D eigenvalue weighted by Crippen LogP contribution is 2.32. The van der Waals surface area contributed by atoms with Crippen LogP contribution in [-0.2, 0) is 9.47 Å². The zero-order chi connectivity index (χ0) is 21.0. The molecule has 6 nitrogen and oxygen atoms in total. The van der Waals surface area contributed by atoms with Gasteiger partial charge in [-0.25, -0.2) is 4.98 Å². The van der Waals surface area contributed by atoms with E-state index in [9.17, 15) is 4.79 Å². The molecule has 162 valence electrons. The number of fused-ring (bicyclic) bond motifs is 1. The summed E-state index contributed by atoms with van der Waals surface area (Å²) in [5.74, 6) is 0.786. The molecule has 1 N–H and O–H groups in total. The Kier molecular flexibility index (Phi) is 6.40. The summed E-state index contributed by atoms with van der Waals surface area (Å²) >= 11 is 3.35. The highest BCUT2D eigenvalue weighted by atomic mass is 32.2. The molecule has 0 radical (unpaired) electrons. The number of thioether (sulfide) groups is 1. The number of morpholine rings is 1. The van der Waals surface area contributed by atoms with Crippen LogP contribution in [0.5, 0.6) is 0 Å². The number of ether oxygens (including phenoxy) is 2. The second kappa shape index (κ2) is 9.56. The van der Waals surface area contributed by atoms with Gasteiger partial charge in [-0.3, -0.25) is 4.79 Å². The van der Waals surface area contributed by atoms with Gasteiger partial charge in [0.2, 0.25) is 0 Å². The number of nitrogens with zero attached hydrogens (tertiary/aromatic N) is 2. The number of rotatable bonds is 6. The standard InChI is InChI=1S/C23H25N3O3S2/c27-22(18-5-1-2-6-20(18)30-15-17-4-3-11-29-17)24-16-7-8-19-21(14-16)31-23(25-19)26-9-12-28-13-10-26/h1-2,5-8,14,17H,3-4,9-13,15H2,(H,24,27)/t17-/m0/s1. The molecule has 0 aliphatic carbocycles. The van der Waals surface area contributed by atoms with Gasteiger partial charge in [0.05, 0.1) is 35.1 Å². The van der Waals surface area contributed by atoms with Gasteiger partial charge in [0.25, 0.3) is 5.91 Å². The minimum atomic E-state index is -0.0901. The van der Waals surface area contributed by atoms with Crippen molar-refractivity contribution in [3.05, 3.63) is 48.0 Å². The van der Waals surface area contributed by atoms with E-state index in [1.54, 1.807) is 23.1 Å². The summed E-state index contributed by atoms with van der Waals surface area (Å²) in [5.41, 5.74) is 2.44. The predicted molar refractivity (Wildman–Crippen MR) is 127 cm³/mol. The molecular weight excluding hydrogens is 430 g/mol. The lowest BCUT2D eigenvalue weighted by Crippen LogP contribution is -2.36. The van der Waals surface area contributed by atoms with Gasteiger partial charge in [-0.05, 0) is 43.2 Å². The van der Waals surface area contributed by atoms with Gasteiger partial charge < -0.3 is 19.7 Å². The molecule has 31 heavy (non-hydrogen) atoms. The number of amides is 1. The number of hydrogen-bond acceptors (Lipinski definition) is 7. The summed E-state index contributed by atoms with van der Waals surface area (Å²) in [4.78, 5) is 21.0. The molecule has 0 saturated carbocycles. The molecule has 0 unspecified atom stereocenters. The summed E-state index contributed by atoms with van der Waals surface area (Å²) in [6, 6.07) is 13.7. The molecular formula is C23H25N3O3S2. The van der Waals surface area contributed by atoms with Gasteiger partial charge in [-0.15, -0.1) is 11.8 Å². The number of nitrogens with one attached hydrogen (secondary N) is 1. The van der Waals surface area contributed by atoms with Crippen LogP contribution in [0.1, 0.15) is 23.2 Å². The molecule has 2 aromatic carbocycles. The van der Waals surface area contributed by atoms with Gasteiger partial charge >= 0.3 is 0 Å². The van der Waals surface area contributed by atoms with Crippen molar-refractivity contribution in [1.29, 1.82) is 0 Å². The van der Waals surface area contributed by atoms with Crippen LogP contribution in [0, 0.1) is 0 Å². The second-order valence-electron chi connectivity index (χ2n) is 7.67. The highest BCUT2D eigenvalue weighted by Gasteiger charge is 2.19. The van der Waals surface area contributed by atoms with Gasteiger partial charge in [0.15, 0.2) is 5.13 Å². The molecule has 1 amide bonds. The molecule has 2 aliphatic rings. The van der Waals surface area contributed by atoms with Gasteiger partial charge in [0, 0.05) is 36.0 Å². The summed E-state index contributed by atoms with van der Waals surface area (Å²) in [7, 11) is 0. The predicted octanol–water partition coefficient (Wildman–Crippen LogP) is 4.66. The van der Waals surface area contributed by atoms with Crippen molar-refractivity contribution in [2.24, 2.45) is 0 Å². The quantitative estimate of drug-likeness (QED) is 0.546. The number of carbonyl (C=O) groups is 1. The Balaban J connectivity index is 1.29. The molecule has 0 bridgehead atoms. The average molecular weight is 456 g/mol. The molecule has 3 heterocycles. The zero-order valence-corrected chi connectivity index (χ0v) is 18.8. The van der Waals surface area contributed by atoms with E-state index in [2.05, 4.69) is 10.2 Å². The maximum absolute atomic E-state index is 13.0. The third-order valence-electron chi connectivity index (χ3n) is 5.50. The van der Waals surface area contributed by atoms with Gasteiger partial charge in [0.1, 0.15) is 0 Å². The number of hydrogen-bond donors (Lipinski definition) is 1. The van der Waals surface area contributed by atoms with E-state index in [0.29, 0.717) is 5.56 Å². The van der Waals surface area contributed by atoms with Crippen molar-refractivity contribution in [3.8, 4) is 0 Å². The lowest BCUT2D eigenvalue weighted by molar-refractivity contribution is 0.102. The second-order valence-corrected chi connectivity index (χ2v) is 9.75. The van der Waals surface area contributed by atoms with E-state index >= 15 is 0 Å². The maximum Gasteiger partial charge on any atom is 0.256 e. The molecule has 1 aromatic heterocycles. The number of anilines is 2.